The fraction of sp³-hybridized carbons (Fsp3) is 0.562. The minimum Gasteiger partial charge on any atom is -0.462 e. The van der Waals surface area contributed by atoms with Gasteiger partial charge in [-0.15, -0.1) is 0 Å². The maximum Gasteiger partial charge on any atom is 0.459 e. The molecule has 0 bridgehead atoms. The zero-order valence-corrected chi connectivity index (χ0v) is 15.2. The Labute approximate surface area is 138 Å². The van der Waals surface area contributed by atoms with Gasteiger partial charge >= 0.3 is 13.7 Å². The van der Waals surface area contributed by atoms with Crippen molar-refractivity contribution in [2.45, 2.75) is 46.8 Å². The van der Waals surface area contributed by atoms with Gasteiger partial charge in [0.2, 0.25) is 0 Å². The minimum atomic E-state index is -3.70. The van der Waals surface area contributed by atoms with Crippen molar-refractivity contribution in [3.8, 4) is 5.75 Å². The van der Waals surface area contributed by atoms with Crippen LogP contribution in [0.2, 0.25) is 0 Å². The fourth-order valence-corrected chi connectivity index (χ4v) is 3.23. The van der Waals surface area contributed by atoms with Gasteiger partial charge in [0.05, 0.1) is 12.7 Å². The van der Waals surface area contributed by atoms with Gasteiger partial charge in [0.15, 0.2) is 0 Å². The topological polar surface area (TPSA) is 73.9 Å². The van der Waals surface area contributed by atoms with Gasteiger partial charge < -0.3 is 9.26 Å². The van der Waals surface area contributed by atoms with E-state index in [1.807, 2.05) is 19.9 Å². The van der Waals surface area contributed by atoms with Crippen molar-refractivity contribution >= 4 is 13.7 Å². The van der Waals surface area contributed by atoms with Crippen LogP contribution < -0.4 is 9.61 Å². The number of rotatable bonds is 9. The lowest BCUT2D eigenvalue weighted by Crippen LogP contribution is -2.36. The van der Waals surface area contributed by atoms with Crippen LogP contribution in [0.5, 0.6) is 5.75 Å². The average molecular weight is 343 g/mol. The summed E-state index contributed by atoms with van der Waals surface area (Å²) in [6.45, 7) is 9.17. The Morgan fingerprint density at radius 1 is 1.13 bits per heavy atom. The van der Waals surface area contributed by atoms with Crippen molar-refractivity contribution in [2.75, 3.05) is 6.61 Å². The molecule has 0 aliphatic heterocycles. The van der Waals surface area contributed by atoms with Crippen molar-refractivity contribution in [1.29, 1.82) is 0 Å². The molecule has 0 aliphatic carbocycles. The molecule has 1 N–H and O–H groups in total. The SMILES string of the molecule is CC(C)COP(=O)(N[C@@H](C)C(=O)OC(C)C)Oc1ccccc1. The zero-order valence-electron chi connectivity index (χ0n) is 14.3. The van der Waals surface area contributed by atoms with E-state index in [2.05, 4.69) is 5.09 Å². The largest absolute Gasteiger partial charge is 0.462 e. The van der Waals surface area contributed by atoms with Gasteiger partial charge in [-0.2, -0.15) is 5.09 Å². The third-order valence-electron chi connectivity index (χ3n) is 2.60. The molecule has 7 heteroatoms. The van der Waals surface area contributed by atoms with Gasteiger partial charge in [-0.05, 0) is 38.8 Å². The molecular weight excluding hydrogens is 317 g/mol. The summed E-state index contributed by atoms with van der Waals surface area (Å²) in [6.07, 6.45) is -0.252. The molecule has 0 saturated carbocycles. The number of nitrogens with one attached hydrogen (secondary N) is 1. The van der Waals surface area contributed by atoms with Crippen LogP contribution in [0.4, 0.5) is 0 Å². The van der Waals surface area contributed by atoms with Crippen LogP contribution in [0.15, 0.2) is 30.3 Å². The maximum atomic E-state index is 12.9. The molecule has 0 fully saturated rings. The third-order valence-corrected chi connectivity index (χ3v) is 4.25. The van der Waals surface area contributed by atoms with E-state index in [-0.39, 0.29) is 18.6 Å². The molecular formula is C16H26NO5P. The fourth-order valence-electron chi connectivity index (χ4n) is 1.58. The van der Waals surface area contributed by atoms with Crippen LogP contribution in [-0.2, 0) is 18.6 Å². The molecule has 0 aromatic heterocycles. The molecule has 1 aromatic carbocycles. The second-order valence-corrected chi connectivity index (χ2v) is 7.62. The number of para-hydroxylation sites is 1. The van der Waals surface area contributed by atoms with Gasteiger partial charge in [-0.1, -0.05) is 32.0 Å². The standard InChI is InChI=1S/C16H26NO5P/c1-12(2)11-20-23(19,22-15-9-7-6-8-10-15)17-14(5)16(18)21-13(3)4/h6-10,12-14H,11H2,1-5H3,(H,17,19)/t14-,23?/m0/s1. The lowest BCUT2D eigenvalue weighted by atomic mass is 10.2. The molecule has 1 aromatic rings. The first kappa shape index (κ1) is 19.7. The molecule has 0 aliphatic rings. The summed E-state index contributed by atoms with van der Waals surface area (Å²) in [6, 6.07) is 7.87. The Bertz CT molecular complexity index is 533. The van der Waals surface area contributed by atoms with E-state index in [1.54, 1.807) is 45.0 Å². The average Bonchev–Trinajstić information content (AvgIpc) is 2.45. The Morgan fingerprint density at radius 2 is 1.74 bits per heavy atom. The number of carbonyl (C=O) groups excluding carboxylic acids is 1. The van der Waals surface area contributed by atoms with Crippen molar-refractivity contribution in [1.82, 2.24) is 5.09 Å². The van der Waals surface area contributed by atoms with Gasteiger partial charge in [-0.25, -0.2) is 4.57 Å². The number of benzene rings is 1. The van der Waals surface area contributed by atoms with Gasteiger partial charge in [-0.3, -0.25) is 9.32 Å². The summed E-state index contributed by atoms with van der Waals surface area (Å²) in [5.74, 6) is 0.0592. The molecule has 1 unspecified atom stereocenters. The molecule has 0 radical (unpaired) electrons. The summed E-state index contributed by atoms with van der Waals surface area (Å²) in [5.41, 5.74) is 0. The van der Waals surface area contributed by atoms with E-state index >= 15 is 0 Å². The quantitative estimate of drug-likeness (QED) is 0.543. The van der Waals surface area contributed by atoms with Crippen LogP contribution in [0.1, 0.15) is 34.6 Å². The molecule has 0 amide bonds. The first-order chi connectivity index (χ1) is 10.7. The van der Waals surface area contributed by atoms with Crippen LogP contribution >= 0.6 is 7.75 Å². The molecule has 0 saturated heterocycles. The summed E-state index contributed by atoms with van der Waals surface area (Å²) >= 11 is 0. The van der Waals surface area contributed by atoms with Crippen LogP contribution in [0, 0.1) is 5.92 Å². The number of hydrogen-bond acceptors (Lipinski definition) is 5. The van der Waals surface area contributed by atoms with Crippen LogP contribution in [-0.4, -0.2) is 24.7 Å². The number of esters is 1. The molecule has 1 rings (SSSR count). The normalized spacial score (nSPS) is 15.3. The Hall–Kier alpha value is -1.36. The molecule has 2 atom stereocenters. The monoisotopic (exact) mass is 343 g/mol. The highest BCUT2D eigenvalue weighted by Crippen LogP contribution is 2.45. The Morgan fingerprint density at radius 3 is 2.26 bits per heavy atom. The predicted octanol–water partition coefficient (Wildman–Crippen LogP) is 3.78. The molecule has 6 nitrogen and oxygen atoms in total. The van der Waals surface area contributed by atoms with E-state index in [9.17, 15) is 9.36 Å². The predicted molar refractivity (Wildman–Crippen MR) is 89.3 cm³/mol. The third kappa shape index (κ3) is 7.64. The first-order valence-electron chi connectivity index (χ1n) is 7.69. The maximum absolute atomic E-state index is 12.9. The second kappa shape index (κ2) is 9.06. The second-order valence-electron chi connectivity index (χ2n) is 5.93. The van der Waals surface area contributed by atoms with Crippen molar-refractivity contribution in [3.63, 3.8) is 0 Å². The lowest BCUT2D eigenvalue weighted by molar-refractivity contribution is -0.149. The van der Waals surface area contributed by atoms with Gasteiger partial charge in [0.25, 0.3) is 0 Å². The smallest absolute Gasteiger partial charge is 0.459 e. The van der Waals surface area contributed by atoms with E-state index < -0.39 is 19.8 Å². The highest BCUT2D eigenvalue weighted by Gasteiger charge is 2.32. The van der Waals surface area contributed by atoms with Gasteiger partial charge in [0, 0.05) is 0 Å². The summed E-state index contributed by atoms with van der Waals surface area (Å²) in [7, 11) is -3.70. The highest BCUT2D eigenvalue weighted by molar-refractivity contribution is 7.52. The van der Waals surface area contributed by atoms with Crippen molar-refractivity contribution in [3.05, 3.63) is 30.3 Å². The highest BCUT2D eigenvalue weighted by atomic mass is 31.2. The number of hydrogen-bond donors (Lipinski definition) is 1. The lowest BCUT2D eigenvalue weighted by Gasteiger charge is -2.24. The van der Waals surface area contributed by atoms with E-state index in [4.69, 9.17) is 13.8 Å². The first-order valence-corrected chi connectivity index (χ1v) is 9.23. The Kier molecular flexibility index (Phi) is 7.76. The van der Waals surface area contributed by atoms with Crippen molar-refractivity contribution in [2.24, 2.45) is 5.92 Å². The minimum absolute atomic E-state index is 0.169. The van der Waals surface area contributed by atoms with Crippen molar-refractivity contribution < 1.29 is 23.1 Å². The summed E-state index contributed by atoms with van der Waals surface area (Å²) < 4.78 is 29.0. The number of carbonyl (C=O) groups is 1. The number of ether oxygens (including phenoxy) is 1. The van der Waals surface area contributed by atoms with E-state index in [1.165, 1.54) is 0 Å². The Balaban J connectivity index is 2.82. The molecule has 0 heterocycles. The summed E-state index contributed by atoms with van der Waals surface area (Å²) in [4.78, 5) is 11.9. The molecule has 130 valence electrons. The van der Waals surface area contributed by atoms with E-state index in [0.29, 0.717) is 5.75 Å². The molecule has 23 heavy (non-hydrogen) atoms. The van der Waals surface area contributed by atoms with Crippen LogP contribution in [0.3, 0.4) is 0 Å². The zero-order chi connectivity index (χ0) is 17.5. The van der Waals surface area contributed by atoms with Crippen LogP contribution in [0.25, 0.3) is 0 Å². The molecule has 0 spiro atoms. The summed E-state index contributed by atoms with van der Waals surface area (Å²) in [5, 5.41) is 2.64. The van der Waals surface area contributed by atoms with E-state index in [0.717, 1.165) is 0 Å². The van der Waals surface area contributed by atoms with Gasteiger partial charge in [0.1, 0.15) is 11.8 Å².